The number of rotatable bonds is 3. The molecule has 1 atom stereocenters. The number of hydrogen-bond acceptors (Lipinski definition) is 3. The van der Waals surface area contributed by atoms with Crippen LogP contribution in [0.4, 0.5) is 0 Å². The largest absolute Gasteiger partial charge is 0.389 e. The van der Waals surface area contributed by atoms with Crippen LogP contribution in [0.5, 0.6) is 0 Å². The molecular weight excluding hydrogens is 266 g/mol. The van der Waals surface area contributed by atoms with Gasteiger partial charge in [0, 0.05) is 9.79 Å². The summed E-state index contributed by atoms with van der Waals surface area (Å²) in [6.07, 6.45) is -0.545. The summed E-state index contributed by atoms with van der Waals surface area (Å²) < 4.78 is 0. The van der Waals surface area contributed by atoms with Gasteiger partial charge in [0.1, 0.15) is 0 Å². The first-order valence-corrected chi connectivity index (χ1v) is 7.30. The highest BCUT2D eigenvalue weighted by molar-refractivity contribution is 7.99. The highest BCUT2D eigenvalue weighted by atomic mass is 32.2. The van der Waals surface area contributed by atoms with Gasteiger partial charge in [-0.3, -0.25) is 0 Å². The Labute approximate surface area is 124 Å². The van der Waals surface area contributed by atoms with Crippen LogP contribution in [0.25, 0.3) is 0 Å². The van der Waals surface area contributed by atoms with Crippen molar-refractivity contribution in [2.24, 2.45) is 0 Å². The van der Waals surface area contributed by atoms with Crippen LogP contribution < -0.4 is 0 Å². The molecule has 0 fully saturated rings. The fourth-order valence-electron chi connectivity index (χ4n) is 1.94. The number of hydrogen-bond donors (Lipinski definition) is 1. The summed E-state index contributed by atoms with van der Waals surface area (Å²) in [5.41, 5.74) is 3.97. The van der Waals surface area contributed by atoms with Crippen molar-refractivity contribution in [3.63, 3.8) is 0 Å². The zero-order valence-corrected chi connectivity index (χ0v) is 12.7. The minimum atomic E-state index is -0.545. The second-order valence-electron chi connectivity index (χ2n) is 4.89. The minimum Gasteiger partial charge on any atom is -0.389 e. The number of aryl methyl sites for hydroxylation is 2. The van der Waals surface area contributed by atoms with Crippen molar-refractivity contribution in [2.75, 3.05) is 0 Å². The van der Waals surface area contributed by atoms with E-state index in [9.17, 15) is 5.11 Å². The van der Waals surface area contributed by atoms with Crippen molar-refractivity contribution in [1.29, 1.82) is 5.26 Å². The molecule has 0 aliphatic rings. The van der Waals surface area contributed by atoms with Gasteiger partial charge in [-0.2, -0.15) is 5.26 Å². The maximum Gasteiger partial charge on any atom is 0.0992 e. The van der Waals surface area contributed by atoms with Crippen molar-refractivity contribution < 1.29 is 5.11 Å². The number of aliphatic hydroxyl groups is 1. The molecule has 2 aromatic carbocycles. The van der Waals surface area contributed by atoms with Crippen LogP contribution in [0, 0.1) is 25.2 Å². The molecule has 0 amide bonds. The van der Waals surface area contributed by atoms with Crippen molar-refractivity contribution in [3.05, 3.63) is 58.7 Å². The van der Waals surface area contributed by atoms with Gasteiger partial charge in [-0.25, -0.2) is 0 Å². The first-order chi connectivity index (χ1) is 9.51. The zero-order chi connectivity index (χ0) is 14.7. The third-order valence-electron chi connectivity index (χ3n) is 3.30. The second-order valence-corrected chi connectivity index (χ2v) is 6.00. The molecule has 0 aliphatic carbocycles. The molecule has 0 saturated carbocycles. The SMILES string of the molecule is Cc1ccc(Sc2cc(C#N)ccc2C(C)O)cc1C. The van der Waals surface area contributed by atoms with E-state index in [0.717, 1.165) is 15.4 Å². The van der Waals surface area contributed by atoms with Crippen molar-refractivity contribution in [2.45, 2.75) is 36.7 Å². The Hall–Kier alpha value is -1.76. The molecule has 0 heterocycles. The Morgan fingerprint density at radius 1 is 1.10 bits per heavy atom. The average molecular weight is 283 g/mol. The summed E-state index contributed by atoms with van der Waals surface area (Å²) in [6, 6.07) is 13.8. The van der Waals surface area contributed by atoms with E-state index in [1.165, 1.54) is 11.1 Å². The van der Waals surface area contributed by atoms with Gasteiger partial charge in [0.05, 0.1) is 17.7 Å². The number of nitrogens with zero attached hydrogens (tertiary/aromatic N) is 1. The van der Waals surface area contributed by atoms with Crippen LogP contribution in [0.2, 0.25) is 0 Å². The van der Waals surface area contributed by atoms with E-state index >= 15 is 0 Å². The van der Waals surface area contributed by atoms with Gasteiger partial charge in [-0.1, -0.05) is 23.9 Å². The van der Waals surface area contributed by atoms with Crippen molar-refractivity contribution in [3.8, 4) is 6.07 Å². The van der Waals surface area contributed by atoms with E-state index in [1.807, 2.05) is 12.1 Å². The van der Waals surface area contributed by atoms with Gasteiger partial charge in [-0.15, -0.1) is 0 Å². The van der Waals surface area contributed by atoms with Crippen LogP contribution in [0.15, 0.2) is 46.2 Å². The van der Waals surface area contributed by atoms with Gasteiger partial charge in [0.2, 0.25) is 0 Å². The molecule has 102 valence electrons. The van der Waals surface area contributed by atoms with Crippen LogP contribution >= 0.6 is 11.8 Å². The topological polar surface area (TPSA) is 44.0 Å². The summed E-state index contributed by atoms with van der Waals surface area (Å²) >= 11 is 1.58. The molecule has 0 aromatic heterocycles. The summed E-state index contributed by atoms with van der Waals surface area (Å²) in [4.78, 5) is 2.05. The molecule has 2 rings (SSSR count). The van der Waals surface area contributed by atoms with Gasteiger partial charge in [0.15, 0.2) is 0 Å². The van der Waals surface area contributed by atoms with E-state index in [2.05, 4.69) is 38.1 Å². The summed E-state index contributed by atoms with van der Waals surface area (Å²) in [5, 5.41) is 18.9. The van der Waals surface area contributed by atoms with Gasteiger partial charge < -0.3 is 5.11 Å². The van der Waals surface area contributed by atoms with Crippen LogP contribution in [-0.2, 0) is 0 Å². The molecule has 0 saturated heterocycles. The third-order valence-corrected chi connectivity index (χ3v) is 4.36. The first kappa shape index (κ1) is 14.6. The molecule has 20 heavy (non-hydrogen) atoms. The highest BCUT2D eigenvalue weighted by Crippen LogP contribution is 2.34. The van der Waals surface area contributed by atoms with Gasteiger partial charge in [-0.05, 0) is 61.7 Å². The summed E-state index contributed by atoms with van der Waals surface area (Å²) in [6.45, 7) is 5.91. The maximum atomic E-state index is 9.85. The summed E-state index contributed by atoms with van der Waals surface area (Å²) in [7, 11) is 0. The Morgan fingerprint density at radius 3 is 2.45 bits per heavy atom. The minimum absolute atomic E-state index is 0.545. The lowest BCUT2D eigenvalue weighted by Crippen LogP contribution is -1.95. The smallest absolute Gasteiger partial charge is 0.0992 e. The molecule has 3 heteroatoms. The molecule has 0 bridgehead atoms. The predicted octanol–water partition coefficient (Wildman–Crippen LogP) is 4.38. The third kappa shape index (κ3) is 3.22. The average Bonchev–Trinajstić information content (AvgIpc) is 2.42. The molecular formula is C17H17NOS. The number of nitriles is 1. The molecule has 0 spiro atoms. The van der Waals surface area contributed by atoms with E-state index in [-0.39, 0.29) is 0 Å². The fraction of sp³-hybridized carbons (Fsp3) is 0.235. The first-order valence-electron chi connectivity index (χ1n) is 6.48. The van der Waals surface area contributed by atoms with Gasteiger partial charge >= 0.3 is 0 Å². The summed E-state index contributed by atoms with van der Waals surface area (Å²) in [5.74, 6) is 0. The van der Waals surface area contributed by atoms with E-state index in [0.29, 0.717) is 5.56 Å². The van der Waals surface area contributed by atoms with E-state index in [4.69, 9.17) is 5.26 Å². The highest BCUT2D eigenvalue weighted by Gasteiger charge is 2.11. The van der Waals surface area contributed by atoms with E-state index < -0.39 is 6.10 Å². The Morgan fingerprint density at radius 2 is 1.85 bits per heavy atom. The zero-order valence-electron chi connectivity index (χ0n) is 11.8. The lowest BCUT2D eigenvalue weighted by molar-refractivity contribution is 0.196. The molecule has 1 unspecified atom stereocenters. The standard InChI is InChI=1S/C17H17NOS/c1-11-4-6-15(8-12(11)2)20-17-9-14(10-18)5-7-16(17)13(3)19/h4-9,13,19H,1-3H3. The van der Waals surface area contributed by atoms with Crippen LogP contribution in [0.3, 0.4) is 0 Å². The fourth-order valence-corrected chi connectivity index (χ4v) is 3.11. The number of aliphatic hydroxyl groups excluding tert-OH is 1. The van der Waals surface area contributed by atoms with Crippen LogP contribution in [-0.4, -0.2) is 5.11 Å². The molecule has 1 N–H and O–H groups in total. The number of benzene rings is 2. The Balaban J connectivity index is 2.40. The lowest BCUT2D eigenvalue weighted by atomic mass is 10.1. The van der Waals surface area contributed by atoms with Crippen LogP contribution in [0.1, 0.15) is 35.3 Å². The normalized spacial score (nSPS) is 11.9. The molecule has 0 aliphatic heterocycles. The molecule has 2 aromatic rings. The Kier molecular flexibility index (Phi) is 4.49. The Bertz CT molecular complexity index is 671. The quantitative estimate of drug-likeness (QED) is 0.909. The molecule has 0 radical (unpaired) electrons. The van der Waals surface area contributed by atoms with Crippen molar-refractivity contribution in [1.82, 2.24) is 0 Å². The van der Waals surface area contributed by atoms with Crippen molar-refractivity contribution >= 4 is 11.8 Å². The maximum absolute atomic E-state index is 9.85. The van der Waals surface area contributed by atoms with E-state index in [1.54, 1.807) is 24.8 Å². The second kappa shape index (κ2) is 6.13. The monoisotopic (exact) mass is 283 g/mol. The van der Waals surface area contributed by atoms with Gasteiger partial charge in [0.25, 0.3) is 0 Å². The lowest BCUT2D eigenvalue weighted by Gasteiger charge is -2.12. The molecule has 2 nitrogen and oxygen atoms in total. The predicted molar refractivity (Wildman–Crippen MR) is 81.8 cm³/mol.